The van der Waals surface area contributed by atoms with Gasteiger partial charge in [0.25, 0.3) is 5.91 Å². The highest BCUT2D eigenvalue weighted by atomic mass is 16.5. The molecule has 2 unspecified atom stereocenters. The third-order valence-corrected chi connectivity index (χ3v) is 5.48. The van der Waals surface area contributed by atoms with Gasteiger partial charge in [-0.15, -0.1) is 0 Å². The second-order valence-electron chi connectivity index (χ2n) is 7.67. The number of carbonyl (C=O) groups excluding carboxylic acids is 2. The fourth-order valence-electron chi connectivity index (χ4n) is 3.72. The summed E-state index contributed by atoms with van der Waals surface area (Å²) in [4.78, 5) is 28.8. The summed E-state index contributed by atoms with van der Waals surface area (Å²) < 4.78 is 5.18. The van der Waals surface area contributed by atoms with Crippen molar-refractivity contribution in [2.45, 2.75) is 25.4 Å². The van der Waals surface area contributed by atoms with Gasteiger partial charge in [-0.3, -0.25) is 14.5 Å². The Morgan fingerprint density at radius 2 is 1.71 bits per heavy atom. The molecule has 2 aromatic carbocycles. The first-order chi connectivity index (χ1) is 15.0. The standard InChI is InChI=1S/C24H28N4O3/c1-18(26-24(30)20-6-4-3-5-7-20)16-23(29)28-14-12-27(13-15-28)22(17-25)19-8-10-21(31-2)11-9-19/h3-11,18,22H,12-16H2,1-2H3,(H,26,30). The van der Waals surface area contributed by atoms with Gasteiger partial charge in [-0.1, -0.05) is 30.3 Å². The van der Waals surface area contributed by atoms with Crippen LogP contribution in [0.4, 0.5) is 0 Å². The maximum atomic E-state index is 12.7. The summed E-state index contributed by atoms with van der Waals surface area (Å²) in [7, 11) is 1.61. The van der Waals surface area contributed by atoms with Crippen LogP contribution in [0, 0.1) is 11.3 Å². The number of methoxy groups -OCH3 is 1. The second kappa shape index (κ2) is 10.6. The molecule has 0 aromatic heterocycles. The van der Waals surface area contributed by atoms with E-state index < -0.39 is 0 Å². The number of rotatable bonds is 7. The summed E-state index contributed by atoms with van der Waals surface area (Å²) in [6, 6.07) is 18.2. The Balaban J connectivity index is 1.49. The largest absolute Gasteiger partial charge is 0.497 e. The van der Waals surface area contributed by atoms with E-state index in [2.05, 4.69) is 16.3 Å². The Morgan fingerprint density at radius 3 is 2.29 bits per heavy atom. The molecule has 0 aliphatic carbocycles. The van der Waals surface area contributed by atoms with Gasteiger partial charge in [0, 0.05) is 44.2 Å². The van der Waals surface area contributed by atoms with Crippen molar-refractivity contribution in [2.24, 2.45) is 0 Å². The molecule has 1 aliphatic heterocycles. The van der Waals surface area contributed by atoms with Crippen LogP contribution >= 0.6 is 0 Å². The molecule has 2 amide bonds. The van der Waals surface area contributed by atoms with Crippen LogP contribution in [0.25, 0.3) is 0 Å². The molecular formula is C24H28N4O3. The fourth-order valence-corrected chi connectivity index (χ4v) is 3.72. The lowest BCUT2D eigenvalue weighted by atomic mass is 10.1. The minimum Gasteiger partial charge on any atom is -0.497 e. The number of nitrogens with zero attached hydrogens (tertiary/aromatic N) is 3. The van der Waals surface area contributed by atoms with E-state index in [0.29, 0.717) is 31.7 Å². The number of piperazine rings is 1. The lowest BCUT2D eigenvalue weighted by Crippen LogP contribution is -2.50. The normalized spacial score (nSPS) is 16.1. The summed E-state index contributed by atoms with van der Waals surface area (Å²) in [6.07, 6.45) is 0.249. The molecule has 1 aliphatic rings. The summed E-state index contributed by atoms with van der Waals surface area (Å²) in [5.41, 5.74) is 1.50. The first-order valence-corrected chi connectivity index (χ1v) is 10.4. The summed E-state index contributed by atoms with van der Waals surface area (Å²) in [5, 5.41) is 12.6. The van der Waals surface area contributed by atoms with Gasteiger partial charge in [0.15, 0.2) is 0 Å². The van der Waals surface area contributed by atoms with Crippen molar-refractivity contribution in [3.8, 4) is 11.8 Å². The molecule has 0 bridgehead atoms. The predicted octanol–water partition coefficient (Wildman–Crippen LogP) is 2.61. The van der Waals surface area contributed by atoms with Crippen molar-refractivity contribution in [3.05, 3.63) is 65.7 Å². The third-order valence-electron chi connectivity index (χ3n) is 5.48. The van der Waals surface area contributed by atoms with Gasteiger partial charge in [-0.05, 0) is 36.8 Å². The maximum Gasteiger partial charge on any atom is 0.251 e. The van der Waals surface area contributed by atoms with Gasteiger partial charge in [0.1, 0.15) is 11.8 Å². The lowest BCUT2D eigenvalue weighted by molar-refractivity contribution is -0.133. The van der Waals surface area contributed by atoms with E-state index in [4.69, 9.17) is 4.74 Å². The second-order valence-corrected chi connectivity index (χ2v) is 7.67. The smallest absolute Gasteiger partial charge is 0.251 e. The quantitative estimate of drug-likeness (QED) is 0.744. The van der Waals surface area contributed by atoms with Crippen LogP contribution in [-0.4, -0.2) is 60.9 Å². The van der Waals surface area contributed by atoms with Gasteiger partial charge in [-0.25, -0.2) is 0 Å². The number of ether oxygens (including phenoxy) is 1. The Hall–Kier alpha value is -3.37. The summed E-state index contributed by atoms with van der Waals surface area (Å²) >= 11 is 0. The first-order valence-electron chi connectivity index (χ1n) is 10.4. The molecule has 2 atom stereocenters. The minimum absolute atomic E-state index is 0.0125. The van der Waals surface area contributed by atoms with Crippen molar-refractivity contribution < 1.29 is 14.3 Å². The number of carbonyl (C=O) groups is 2. The number of benzene rings is 2. The van der Waals surface area contributed by atoms with Crippen molar-refractivity contribution in [2.75, 3.05) is 33.3 Å². The molecule has 0 radical (unpaired) electrons. The summed E-state index contributed by atoms with van der Waals surface area (Å²) in [6.45, 7) is 4.21. The van der Waals surface area contributed by atoms with E-state index in [-0.39, 0.29) is 30.3 Å². The first kappa shape index (κ1) is 22.3. The number of hydrogen-bond donors (Lipinski definition) is 1. The van der Waals surface area contributed by atoms with E-state index in [9.17, 15) is 14.9 Å². The van der Waals surface area contributed by atoms with E-state index in [1.807, 2.05) is 54.3 Å². The zero-order valence-corrected chi connectivity index (χ0v) is 18.0. The van der Waals surface area contributed by atoms with Gasteiger partial charge >= 0.3 is 0 Å². The monoisotopic (exact) mass is 420 g/mol. The molecule has 1 N–H and O–H groups in total. The Labute approximate surface area is 183 Å². The van der Waals surface area contributed by atoms with Crippen LogP contribution in [-0.2, 0) is 4.79 Å². The number of nitriles is 1. The van der Waals surface area contributed by atoms with Crippen LogP contribution in [0.5, 0.6) is 5.75 Å². The Bertz CT molecular complexity index is 916. The van der Waals surface area contributed by atoms with Crippen molar-refractivity contribution in [3.63, 3.8) is 0 Å². The predicted molar refractivity (Wildman–Crippen MR) is 117 cm³/mol. The van der Waals surface area contributed by atoms with Crippen LogP contribution in [0.1, 0.15) is 35.3 Å². The highest BCUT2D eigenvalue weighted by Crippen LogP contribution is 2.24. The summed E-state index contributed by atoms with van der Waals surface area (Å²) in [5.74, 6) is 0.588. The highest BCUT2D eigenvalue weighted by Gasteiger charge is 2.27. The molecule has 162 valence electrons. The van der Waals surface area contributed by atoms with Crippen molar-refractivity contribution in [1.29, 1.82) is 5.26 Å². The molecule has 31 heavy (non-hydrogen) atoms. The number of amides is 2. The van der Waals surface area contributed by atoms with E-state index in [1.165, 1.54) is 0 Å². The van der Waals surface area contributed by atoms with Gasteiger partial charge in [0.2, 0.25) is 5.91 Å². The molecule has 3 rings (SSSR count). The van der Waals surface area contributed by atoms with Gasteiger partial charge in [0.05, 0.1) is 13.2 Å². The van der Waals surface area contributed by atoms with Gasteiger partial charge < -0.3 is 15.0 Å². The maximum absolute atomic E-state index is 12.7. The highest BCUT2D eigenvalue weighted by molar-refractivity contribution is 5.94. The van der Waals surface area contributed by atoms with E-state index in [1.54, 1.807) is 19.2 Å². The van der Waals surface area contributed by atoms with Crippen molar-refractivity contribution in [1.82, 2.24) is 15.1 Å². The molecule has 7 heteroatoms. The topological polar surface area (TPSA) is 85.7 Å². The van der Waals surface area contributed by atoms with Gasteiger partial charge in [-0.2, -0.15) is 5.26 Å². The average Bonchev–Trinajstić information content (AvgIpc) is 2.81. The van der Waals surface area contributed by atoms with Crippen molar-refractivity contribution >= 4 is 11.8 Å². The fraction of sp³-hybridized carbons (Fsp3) is 0.375. The molecular weight excluding hydrogens is 392 g/mol. The third kappa shape index (κ3) is 5.83. The zero-order chi connectivity index (χ0) is 22.2. The molecule has 7 nitrogen and oxygen atoms in total. The SMILES string of the molecule is COc1ccc(C(C#N)N2CCN(C(=O)CC(C)NC(=O)c3ccccc3)CC2)cc1. The number of nitrogens with one attached hydrogen (secondary N) is 1. The minimum atomic E-state index is -0.354. The molecule has 0 saturated carbocycles. The van der Waals surface area contributed by atoms with Crippen LogP contribution in [0.2, 0.25) is 0 Å². The van der Waals surface area contributed by atoms with Crippen LogP contribution < -0.4 is 10.1 Å². The molecule has 2 aromatic rings. The molecule has 1 fully saturated rings. The molecule has 1 saturated heterocycles. The van der Waals surface area contributed by atoms with E-state index >= 15 is 0 Å². The zero-order valence-electron chi connectivity index (χ0n) is 18.0. The Morgan fingerprint density at radius 1 is 1.06 bits per heavy atom. The average molecular weight is 421 g/mol. The molecule has 0 spiro atoms. The number of hydrogen-bond acceptors (Lipinski definition) is 5. The molecule has 1 heterocycles. The van der Waals surface area contributed by atoms with Crippen LogP contribution in [0.3, 0.4) is 0 Å². The van der Waals surface area contributed by atoms with E-state index in [0.717, 1.165) is 11.3 Å². The Kier molecular flexibility index (Phi) is 7.63. The lowest BCUT2D eigenvalue weighted by Gasteiger charge is -2.37. The van der Waals surface area contributed by atoms with Crippen LogP contribution in [0.15, 0.2) is 54.6 Å².